The summed E-state index contributed by atoms with van der Waals surface area (Å²) in [5.41, 5.74) is 0.513. The van der Waals surface area contributed by atoms with Crippen molar-refractivity contribution in [3.05, 3.63) is 51.8 Å². The Balaban J connectivity index is 1.41. The van der Waals surface area contributed by atoms with Crippen molar-refractivity contribution >= 4 is 28.9 Å². The summed E-state index contributed by atoms with van der Waals surface area (Å²) in [6.07, 6.45) is 4.42. The zero-order valence-electron chi connectivity index (χ0n) is 14.3. The molecule has 138 valence electrons. The molecule has 1 aromatic carbocycles. The lowest BCUT2D eigenvalue weighted by molar-refractivity contribution is -0.383. The molecule has 1 saturated heterocycles. The molecule has 0 amide bonds. The number of nitrogens with one attached hydrogen (secondary N) is 1. The van der Waals surface area contributed by atoms with E-state index in [1.54, 1.807) is 24.5 Å². The van der Waals surface area contributed by atoms with Crippen LogP contribution in [0.15, 0.2) is 36.7 Å². The highest BCUT2D eigenvalue weighted by molar-refractivity contribution is 6.30. The monoisotopic (exact) mass is 376 g/mol. The molecule has 2 heterocycles. The van der Waals surface area contributed by atoms with Crippen LogP contribution in [0.3, 0.4) is 0 Å². The Morgan fingerprint density at radius 3 is 2.62 bits per heavy atom. The number of halogens is 1. The van der Waals surface area contributed by atoms with Crippen LogP contribution in [0.4, 0.5) is 17.3 Å². The lowest BCUT2D eigenvalue weighted by atomic mass is 10.2. The fraction of sp³-hybridized carbons (Fsp3) is 0.412. The van der Waals surface area contributed by atoms with Crippen LogP contribution in [0.2, 0.25) is 5.02 Å². The van der Waals surface area contributed by atoms with Crippen molar-refractivity contribution in [3.8, 4) is 0 Å². The molecule has 0 bridgehead atoms. The van der Waals surface area contributed by atoms with Crippen molar-refractivity contribution in [1.82, 2.24) is 14.9 Å². The Hall–Kier alpha value is -2.45. The van der Waals surface area contributed by atoms with Gasteiger partial charge in [-0.1, -0.05) is 11.6 Å². The summed E-state index contributed by atoms with van der Waals surface area (Å²) in [6, 6.07) is 6.49. The van der Waals surface area contributed by atoms with Crippen molar-refractivity contribution in [2.45, 2.75) is 6.42 Å². The summed E-state index contributed by atoms with van der Waals surface area (Å²) < 4.78 is 0. The molecule has 0 atom stereocenters. The summed E-state index contributed by atoms with van der Waals surface area (Å²) >= 11 is 5.83. The number of benzene rings is 1. The van der Waals surface area contributed by atoms with E-state index in [0.29, 0.717) is 17.3 Å². The van der Waals surface area contributed by atoms with Crippen molar-refractivity contribution in [1.29, 1.82) is 0 Å². The highest BCUT2D eigenvalue weighted by Crippen LogP contribution is 2.27. The summed E-state index contributed by atoms with van der Waals surface area (Å²) in [7, 11) is 0. The first kappa shape index (κ1) is 18.3. The van der Waals surface area contributed by atoms with Gasteiger partial charge in [0, 0.05) is 56.2 Å². The van der Waals surface area contributed by atoms with E-state index in [2.05, 4.69) is 25.1 Å². The number of aromatic nitrogens is 2. The van der Waals surface area contributed by atoms with Gasteiger partial charge in [-0.25, -0.2) is 9.97 Å². The minimum Gasteiger partial charge on any atom is -0.379 e. The zero-order chi connectivity index (χ0) is 18.4. The Morgan fingerprint density at radius 2 is 1.92 bits per heavy atom. The first-order valence-electron chi connectivity index (χ1n) is 8.55. The van der Waals surface area contributed by atoms with Crippen molar-refractivity contribution in [2.24, 2.45) is 0 Å². The van der Waals surface area contributed by atoms with E-state index in [0.717, 1.165) is 45.1 Å². The van der Waals surface area contributed by atoms with Crippen LogP contribution in [0.25, 0.3) is 0 Å². The molecular formula is C17H21ClN6O2. The number of piperazine rings is 1. The molecule has 1 fully saturated rings. The third kappa shape index (κ3) is 4.80. The van der Waals surface area contributed by atoms with E-state index in [1.165, 1.54) is 6.07 Å². The molecule has 0 spiro atoms. The van der Waals surface area contributed by atoms with Gasteiger partial charge in [0.1, 0.15) is 5.69 Å². The van der Waals surface area contributed by atoms with Crippen LogP contribution in [0.5, 0.6) is 0 Å². The third-order valence-corrected chi connectivity index (χ3v) is 4.57. The Labute approximate surface area is 157 Å². The highest BCUT2D eigenvalue weighted by atomic mass is 35.5. The summed E-state index contributed by atoms with van der Waals surface area (Å²) in [4.78, 5) is 23.8. The molecule has 0 unspecified atom stereocenters. The molecule has 9 heteroatoms. The number of hydrogen-bond acceptors (Lipinski definition) is 7. The van der Waals surface area contributed by atoms with Crippen molar-refractivity contribution in [2.75, 3.05) is 49.5 Å². The van der Waals surface area contributed by atoms with Crippen LogP contribution >= 0.6 is 11.6 Å². The predicted molar refractivity (Wildman–Crippen MR) is 102 cm³/mol. The minimum atomic E-state index is -0.418. The first-order valence-corrected chi connectivity index (χ1v) is 8.93. The molecule has 3 rings (SSSR count). The van der Waals surface area contributed by atoms with Crippen molar-refractivity contribution in [3.63, 3.8) is 0 Å². The zero-order valence-corrected chi connectivity index (χ0v) is 15.1. The van der Waals surface area contributed by atoms with Gasteiger partial charge >= 0.3 is 0 Å². The Bertz CT molecular complexity index is 737. The average Bonchev–Trinajstić information content (AvgIpc) is 2.67. The van der Waals surface area contributed by atoms with Gasteiger partial charge in [-0.15, -0.1) is 0 Å². The molecule has 2 aromatic rings. The number of nitrogens with zero attached hydrogens (tertiary/aromatic N) is 5. The van der Waals surface area contributed by atoms with Crippen LogP contribution in [0.1, 0.15) is 6.42 Å². The highest BCUT2D eigenvalue weighted by Gasteiger charge is 2.18. The summed E-state index contributed by atoms with van der Waals surface area (Å²) in [5.74, 6) is 0.781. The maximum Gasteiger partial charge on any atom is 0.293 e. The van der Waals surface area contributed by atoms with E-state index in [-0.39, 0.29) is 5.69 Å². The molecule has 26 heavy (non-hydrogen) atoms. The number of nitro benzene ring substituents is 1. The molecule has 1 aliphatic heterocycles. The number of anilines is 2. The lowest BCUT2D eigenvalue weighted by Gasteiger charge is -2.34. The minimum absolute atomic E-state index is 0.00831. The predicted octanol–water partition coefficient (Wildman–Crippen LogP) is 2.66. The average molecular weight is 377 g/mol. The fourth-order valence-corrected chi connectivity index (χ4v) is 3.12. The third-order valence-electron chi connectivity index (χ3n) is 4.33. The summed E-state index contributed by atoms with van der Waals surface area (Å²) in [6.45, 7) is 5.33. The lowest BCUT2D eigenvalue weighted by Crippen LogP contribution is -2.47. The molecule has 1 aliphatic rings. The van der Waals surface area contributed by atoms with Gasteiger partial charge in [0.25, 0.3) is 5.69 Å². The second-order valence-electron chi connectivity index (χ2n) is 6.08. The largest absolute Gasteiger partial charge is 0.379 e. The van der Waals surface area contributed by atoms with Crippen LogP contribution in [-0.2, 0) is 0 Å². The maximum atomic E-state index is 11.1. The number of rotatable bonds is 7. The summed E-state index contributed by atoms with van der Waals surface area (Å²) in [5, 5.41) is 14.6. The Kier molecular flexibility index (Phi) is 6.19. The smallest absolute Gasteiger partial charge is 0.293 e. The second-order valence-corrected chi connectivity index (χ2v) is 6.51. The number of nitro groups is 1. The molecule has 8 nitrogen and oxygen atoms in total. The SMILES string of the molecule is O=[N+]([O-])c1cc(Cl)ccc1NCCCN1CCN(c2ncccn2)CC1. The van der Waals surface area contributed by atoms with E-state index >= 15 is 0 Å². The molecule has 0 aliphatic carbocycles. The van der Waals surface area contributed by atoms with Gasteiger partial charge in [0.05, 0.1) is 4.92 Å². The van der Waals surface area contributed by atoms with E-state index in [1.807, 2.05) is 6.07 Å². The van der Waals surface area contributed by atoms with Gasteiger partial charge in [0.15, 0.2) is 0 Å². The molecule has 0 radical (unpaired) electrons. The first-order chi connectivity index (χ1) is 12.6. The molecule has 0 saturated carbocycles. The Morgan fingerprint density at radius 1 is 1.19 bits per heavy atom. The number of hydrogen-bond donors (Lipinski definition) is 1. The van der Waals surface area contributed by atoms with Crippen LogP contribution in [-0.4, -0.2) is 59.1 Å². The van der Waals surface area contributed by atoms with E-state index in [4.69, 9.17) is 11.6 Å². The molecule has 1 aromatic heterocycles. The fourth-order valence-electron chi connectivity index (χ4n) is 2.96. The topological polar surface area (TPSA) is 87.4 Å². The van der Waals surface area contributed by atoms with E-state index < -0.39 is 4.92 Å². The van der Waals surface area contributed by atoms with Crippen molar-refractivity contribution < 1.29 is 4.92 Å². The normalized spacial score (nSPS) is 15.0. The maximum absolute atomic E-state index is 11.1. The standard InChI is InChI=1S/C17H21ClN6O2/c18-14-3-4-15(16(13-14)24(25)26)19-7-2-8-22-9-11-23(12-10-22)17-20-5-1-6-21-17/h1,3-6,13,19H,2,7-12H2. The van der Waals surface area contributed by atoms with Gasteiger partial charge < -0.3 is 10.2 Å². The van der Waals surface area contributed by atoms with Crippen LogP contribution in [0, 0.1) is 10.1 Å². The molecular weight excluding hydrogens is 356 g/mol. The van der Waals surface area contributed by atoms with Gasteiger partial charge in [-0.05, 0) is 31.2 Å². The van der Waals surface area contributed by atoms with Gasteiger partial charge in [-0.2, -0.15) is 0 Å². The second kappa shape index (κ2) is 8.77. The van der Waals surface area contributed by atoms with Gasteiger partial charge in [0.2, 0.25) is 5.95 Å². The molecule has 1 N–H and O–H groups in total. The quantitative estimate of drug-likeness (QED) is 0.451. The van der Waals surface area contributed by atoms with E-state index in [9.17, 15) is 10.1 Å². The van der Waals surface area contributed by atoms with Crippen LogP contribution < -0.4 is 10.2 Å². The van der Waals surface area contributed by atoms with Gasteiger partial charge in [-0.3, -0.25) is 15.0 Å².